The molecule has 5 heteroatoms. The van der Waals surface area contributed by atoms with Crippen LogP contribution in [0, 0.1) is 5.82 Å². The van der Waals surface area contributed by atoms with Gasteiger partial charge in [-0.1, -0.05) is 18.6 Å². The number of amides is 1. The summed E-state index contributed by atoms with van der Waals surface area (Å²) < 4.78 is 13.1. The van der Waals surface area contributed by atoms with Crippen LogP contribution in [-0.4, -0.2) is 37.0 Å². The number of rotatable bonds is 3. The molecule has 3 rings (SSSR count). The lowest BCUT2D eigenvalue weighted by molar-refractivity contribution is -0.142. The second-order valence-electron chi connectivity index (χ2n) is 6.30. The molecule has 2 fully saturated rings. The van der Waals surface area contributed by atoms with Crippen LogP contribution in [-0.2, 0) is 10.2 Å². The van der Waals surface area contributed by atoms with Gasteiger partial charge in [0.1, 0.15) is 5.82 Å². The minimum Gasteiger partial charge on any atom is -0.342 e. The highest BCUT2D eigenvalue weighted by molar-refractivity contribution is 5.89. The van der Waals surface area contributed by atoms with Crippen LogP contribution < -0.4 is 5.32 Å². The Morgan fingerprint density at radius 1 is 1.23 bits per heavy atom. The van der Waals surface area contributed by atoms with E-state index >= 15 is 0 Å². The van der Waals surface area contributed by atoms with Crippen molar-refractivity contribution in [2.75, 3.05) is 20.1 Å². The first kappa shape index (κ1) is 17.2. The van der Waals surface area contributed by atoms with E-state index < -0.39 is 0 Å². The number of nitrogens with zero attached hydrogens (tertiary/aromatic N) is 1. The normalized spacial score (nSPS) is 20.9. The molecule has 1 heterocycles. The highest BCUT2D eigenvalue weighted by atomic mass is 35.5. The quantitative estimate of drug-likeness (QED) is 0.926. The van der Waals surface area contributed by atoms with Crippen LogP contribution in [0.4, 0.5) is 4.39 Å². The van der Waals surface area contributed by atoms with Gasteiger partial charge in [0.05, 0.1) is 5.41 Å². The number of benzene rings is 1. The maximum absolute atomic E-state index is 13.1. The third kappa shape index (κ3) is 2.99. The van der Waals surface area contributed by atoms with Gasteiger partial charge in [-0.05, 0) is 50.4 Å². The standard InChI is InChI=1S/C17H23FN2O.ClH/c1-19-15-7-11-20(12-8-15)16(21)17(9-2-10-17)13-3-5-14(18)6-4-13;/h3-6,15,19H,2,7-12H2,1H3;1H. The number of likely N-dealkylation sites (tertiary alicyclic amines) is 1. The molecule has 1 saturated heterocycles. The summed E-state index contributed by atoms with van der Waals surface area (Å²) in [5.74, 6) is 0.00502. The van der Waals surface area contributed by atoms with Gasteiger partial charge in [0.15, 0.2) is 0 Å². The van der Waals surface area contributed by atoms with E-state index in [9.17, 15) is 9.18 Å². The van der Waals surface area contributed by atoms with Crippen molar-refractivity contribution >= 4 is 18.3 Å². The summed E-state index contributed by atoms with van der Waals surface area (Å²) in [6.07, 6.45) is 4.90. The number of carbonyl (C=O) groups is 1. The molecule has 3 nitrogen and oxygen atoms in total. The van der Waals surface area contributed by atoms with Crippen LogP contribution in [0.2, 0.25) is 0 Å². The summed E-state index contributed by atoms with van der Waals surface area (Å²) in [7, 11) is 1.98. The zero-order chi connectivity index (χ0) is 14.9. The minimum atomic E-state index is -0.389. The van der Waals surface area contributed by atoms with Crippen molar-refractivity contribution in [2.45, 2.75) is 43.6 Å². The summed E-state index contributed by atoms with van der Waals surface area (Å²) in [5.41, 5.74) is 0.594. The van der Waals surface area contributed by atoms with E-state index in [0.29, 0.717) is 6.04 Å². The van der Waals surface area contributed by atoms with Gasteiger partial charge >= 0.3 is 0 Å². The molecule has 1 aromatic carbocycles. The maximum Gasteiger partial charge on any atom is 0.233 e. The smallest absolute Gasteiger partial charge is 0.233 e. The molecule has 22 heavy (non-hydrogen) atoms. The minimum absolute atomic E-state index is 0. The van der Waals surface area contributed by atoms with Crippen molar-refractivity contribution in [3.05, 3.63) is 35.6 Å². The molecule has 0 aromatic heterocycles. The van der Waals surface area contributed by atoms with E-state index in [1.807, 2.05) is 11.9 Å². The third-order valence-electron chi connectivity index (χ3n) is 5.20. The van der Waals surface area contributed by atoms with Gasteiger partial charge in [-0.3, -0.25) is 4.79 Å². The summed E-state index contributed by atoms with van der Waals surface area (Å²) in [6.45, 7) is 1.65. The fourth-order valence-corrected chi connectivity index (χ4v) is 3.60. The lowest BCUT2D eigenvalue weighted by Crippen LogP contribution is -2.54. The van der Waals surface area contributed by atoms with E-state index in [1.165, 1.54) is 12.1 Å². The van der Waals surface area contributed by atoms with Crippen LogP contribution in [0.1, 0.15) is 37.7 Å². The van der Waals surface area contributed by atoms with Crippen molar-refractivity contribution in [1.82, 2.24) is 10.2 Å². The van der Waals surface area contributed by atoms with Crippen molar-refractivity contribution in [3.63, 3.8) is 0 Å². The molecule has 1 aliphatic heterocycles. The molecule has 0 unspecified atom stereocenters. The lowest BCUT2D eigenvalue weighted by atomic mass is 9.63. The van der Waals surface area contributed by atoms with Crippen molar-refractivity contribution in [1.29, 1.82) is 0 Å². The Labute approximate surface area is 137 Å². The van der Waals surface area contributed by atoms with Gasteiger partial charge in [-0.15, -0.1) is 12.4 Å². The van der Waals surface area contributed by atoms with Gasteiger partial charge in [0, 0.05) is 19.1 Å². The Kier molecular flexibility index (Phi) is 5.45. The molecule has 122 valence electrons. The SMILES string of the molecule is CNC1CCN(C(=O)C2(c3ccc(F)cc3)CCC2)CC1.Cl. The fourth-order valence-electron chi connectivity index (χ4n) is 3.60. The molecule has 1 amide bonds. The average molecular weight is 327 g/mol. The van der Waals surface area contributed by atoms with Gasteiger partial charge in [0.25, 0.3) is 0 Å². The Morgan fingerprint density at radius 3 is 2.27 bits per heavy atom. The second kappa shape index (κ2) is 6.97. The van der Waals surface area contributed by atoms with Crippen LogP contribution in [0.15, 0.2) is 24.3 Å². The fraction of sp³-hybridized carbons (Fsp3) is 0.588. The molecule has 0 spiro atoms. The molecule has 0 atom stereocenters. The molecule has 2 aliphatic rings. The lowest BCUT2D eigenvalue weighted by Gasteiger charge is -2.45. The molecular formula is C17H24ClFN2O. The number of nitrogens with one attached hydrogen (secondary N) is 1. The number of hydrogen-bond acceptors (Lipinski definition) is 2. The second-order valence-corrected chi connectivity index (χ2v) is 6.30. The Morgan fingerprint density at radius 2 is 1.82 bits per heavy atom. The highest BCUT2D eigenvalue weighted by Crippen LogP contribution is 2.45. The van der Waals surface area contributed by atoms with E-state index in [4.69, 9.17) is 0 Å². The summed E-state index contributed by atoms with van der Waals surface area (Å²) in [5, 5.41) is 3.29. The highest BCUT2D eigenvalue weighted by Gasteiger charge is 2.47. The van der Waals surface area contributed by atoms with Crippen LogP contribution >= 0.6 is 12.4 Å². The Balaban J connectivity index is 0.00000176. The summed E-state index contributed by atoms with van der Waals surface area (Å²) in [4.78, 5) is 15.0. The molecule has 0 radical (unpaired) electrons. The summed E-state index contributed by atoms with van der Waals surface area (Å²) in [6, 6.07) is 7.03. The predicted octanol–water partition coefficient (Wildman–Crippen LogP) is 2.88. The number of halogens is 2. The van der Waals surface area contributed by atoms with Crippen LogP contribution in [0.25, 0.3) is 0 Å². The first-order valence-corrected chi connectivity index (χ1v) is 7.88. The van der Waals surface area contributed by atoms with Crippen LogP contribution in [0.5, 0.6) is 0 Å². The van der Waals surface area contributed by atoms with E-state index in [2.05, 4.69) is 5.32 Å². The Bertz CT molecular complexity index is 508. The summed E-state index contributed by atoms with van der Waals surface area (Å²) >= 11 is 0. The zero-order valence-electron chi connectivity index (χ0n) is 13.0. The number of carbonyl (C=O) groups excluding carboxylic acids is 1. The average Bonchev–Trinajstić information content (AvgIpc) is 2.48. The molecular weight excluding hydrogens is 303 g/mol. The van der Waals surface area contributed by atoms with E-state index in [1.54, 1.807) is 12.1 Å². The van der Waals surface area contributed by atoms with Gasteiger partial charge in [-0.2, -0.15) is 0 Å². The van der Waals surface area contributed by atoms with Gasteiger partial charge in [0.2, 0.25) is 5.91 Å². The van der Waals surface area contributed by atoms with Crippen LogP contribution in [0.3, 0.4) is 0 Å². The van der Waals surface area contributed by atoms with Crippen molar-refractivity contribution in [3.8, 4) is 0 Å². The molecule has 1 aromatic rings. The van der Waals surface area contributed by atoms with Gasteiger partial charge in [-0.25, -0.2) is 4.39 Å². The first-order chi connectivity index (χ1) is 10.2. The van der Waals surface area contributed by atoms with Crippen molar-refractivity contribution < 1.29 is 9.18 Å². The largest absolute Gasteiger partial charge is 0.342 e. The number of piperidine rings is 1. The monoisotopic (exact) mass is 326 g/mol. The number of hydrogen-bond donors (Lipinski definition) is 1. The third-order valence-corrected chi connectivity index (χ3v) is 5.20. The van der Waals surface area contributed by atoms with Gasteiger partial charge < -0.3 is 10.2 Å². The maximum atomic E-state index is 13.1. The molecule has 1 aliphatic carbocycles. The molecule has 0 bridgehead atoms. The van der Waals surface area contributed by atoms with Crippen molar-refractivity contribution in [2.24, 2.45) is 0 Å². The topological polar surface area (TPSA) is 32.3 Å². The Hall–Kier alpha value is -1.13. The molecule has 1 N–H and O–H groups in total. The molecule has 1 saturated carbocycles. The predicted molar refractivity (Wildman–Crippen MR) is 87.8 cm³/mol. The van der Waals surface area contributed by atoms with E-state index in [-0.39, 0.29) is 29.5 Å². The van der Waals surface area contributed by atoms with E-state index in [0.717, 1.165) is 50.8 Å². The zero-order valence-corrected chi connectivity index (χ0v) is 13.8. The first-order valence-electron chi connectivity index (χ1n) is 7.88.